The highest BCUT2D eigenvalue weighted by Crippen LogP contribution is 2.22. The van der Waals surface area contributed by atoms with E-state index in [1.807, 2.05) is 18.2 Å². The molecule has 132 valence electrons. The molecule has 3 aromatic rings. The lowest BCUT2D eigenvalue weighted by molar-refractivity contribution is 0.342. The molecule has 3 rings (SSSR count). The van der Waals surface area contributed by atoms with E-state index in [1.165, 1.54) is 17.3 Å². The van der Waals surface area contributed by atoms with E-state index in [2.05, 4.69) is 35.3 Å². The molecule has 0 N–H and O–H groups in total. The molecule has 1 heterocycles. The van der Waals surface area contributed by atoms with Crippen LogP contribution in [-0.2, 0) is 6.42 Å². The lowest BCUT2D eigenvalue weighted by atomic mass is 9.98. The number of hydrogen-bond donors (Lipinski definition) is 0. The summed E-state index contributed by atoms with van der Waals surface area (Å²) in [6, 6.07) is 19.4. The van der Waals surface area contributed by atoms with E-state index in [4.69, 9.17) is 14.4 Å². The van der Waals surface area contributed by atoms with Gasteiger partial charge in [-0.25, -0.2) is 0 Å². The molecule has 1 aromatic heterocycles. The molecule has 0 amide bonds. The van der Waals surface area contributed by atoms with Crippen LogP contribution in [0.1, 0.15) is 29.9 Å². The quantitative estimate of drug-likeness (QED) is 0.433. The predicted molar refractivity (Wildman–Crippen MR) is 100 cm³/mol. The van der Waals surface area contributed by atoms with Gasteiger partial charge >= 0.3 is 0 Å². The molecule has 5 nitrogen and oxygen atoms in total. The molecular formula is C20H19N3O2S. The molecule has 26 heavy (non-hydrogen) atoms. The molecule has 0 saturated heterocycles. The van der Waals surface area contributed by atoms with Crippen molar-refractivity contribution in [3.63, 3.8) is 0 Å². The zero-order valence-corrected chi connectivity index (χ0v) is 15.3. The molecule has 0 saturated carbocycles. The number of aromatic nitrogens is 2. The van der Waals surface area contributed by atoms with Crippen molar-refractivity contribution in [2.24, 2.45) is 0 Å². The number of rotatable bonds is 8. The van der Waals surface area contributed by atoms with Gasteiger partial charge in [-0.1, -0.05) is 49.0 Å². The summed E-state index contributed by atoms with van der Waals surface area (Å²) in [6.07, 6.45) is 0.722. The lowest BCUT2D eigenvalue weighted by Gasteiger charge is -2.08. The standard InChI is InChI=1S/C20H19N3O2S/c1-15(17-5-3-2-4-6-17)13-19-22-23-20(25-19)26-12-11-24-18-9-7-16(14-21)8-10-18/h2-10,15H,11-13H2,1H3. The minimum absolute atomic E-state index is 0.328. The Bertz CT molecular complexity index is 857. The Morgan fingerprint density at radius 1 is 1.12 bits per heavy atom. The van der Waals surface area contributed by atoms with E-state index in [1.54, 1.807) is 24.3 Å². The zero-order valence-electron chi connectivity index (χ0n) is 14.5. The first-order chi connectivity index (χ1) is 12.7. The Balaban J connectivity index is 1.43. The van der Waals surface area contributed by atoms with Gasteiger partial charge in [-0.05, 0) is 35.7 Å². The normalized spacial score (nSPS) is 11.7. The lowest BCUT2D eigenvalue weighted by Crippen LogP contribution is -2.00. The molecule has 2 aromatic carbocycles. The molecule has 0 radical (unpaired) electrons. The fraction of sp³-hybridized carbons (Fsp3) is 0.250. The van der Waals surface area contributed by atoms with Gasteiger partial charge in [-0.2, -0.15) is 5.26 Å². The summed E-state index contributed by atoms with van der Waals surface area (Å²) in [5, 5.41) is 17.5. The summed E-state index contributed by atoms with van der Waals surface area (Å²) in [4.78, 5) is 0. The SMILES string of the molecule is CC(Cc1nnc(SCCOc2ccc(C#N)cc2)o1)c1ccccc1. The van der Waals surface area contributed by atoms with Crippen molar-refractivity contribution in [1.82, 2.24) is 10.2 Å². The van der Waals surface area contributed by atoms with Crippen LogP contribution in [0, 0.1) is 11.3 Å². The monoisotopic (exact) mass is 365 g/mol. The summed E-state index contributed by atoms with van der Waals surface area (Å²) in [7, 11) is 0. The van der Waals surface area contributed by atoms with Gasteiger partial charge in [-0.15, -0.1) is 10.2 Å². The van der Waals surface area contributed by atoms with Crippen LogP contribution in [0.2, 0.25) is 0 Å². The molecule has 0 bridgehead atoms. The number of thioether (sulfide) groups is 1. The second-order valence-corrected chi connectivity index (χ2v) is 6.86. The average molecular weight is 365 g/mol. The fourth-order valence-electron chi connectivity index (χ4n) is 2.45. The van der Waals surface area contributed by atoms with Crippen LogP contribution in [0.15, 0.2) is 64.2 Å². The zero-order chi connectivity index (χ0) is 18.2. The molecule has 0 aliphatic heterocycles. The van der Waals surface area contributed by atoms with Gasteiger partial charge in [0.15, 0.2) is 0 Å². The van der Waals surface area contributed by atoms with Crippen LogP contribution in [0.4, 0.5) is 0 Å². The van der Waals surface area contributed by atoms with Crippen molar-refractivity contribution in [3.05, 3.63) is 71.6 Å². The molecule has 6 heteroatoms. The third kappa shape index (κ3) is 5.11. The summed E-state index contributed by atoms with van der Waals surface area (Å²) in [5.41, 5.74) is 1.88. The van der Waals surface area contributed by atoms with E-state index in [0.29, 0.717) is 35.0 Å². The third-order valence-corrected chi connectivity index (χ3v) is 4.64. The largest absolute Gasteiger partial charge is 0.493 e. The Morgan fingerprint density at radius 2 is 1.88 bits per heavy atom. The van der Waals surface area contributed by atoms with Crippen LogP contribution >= 0.6 is 11.8 Å². The van der Waals surface area contributed by atoms with Crippen LogP contribution in [0.25, 0.3) is 0 Å². The maximum Gasteiger partial charge on any atom is 0.276 e. The Kier molecular flexibility index (Phi) is 6.29. The van der Waals surface area contributed by atoms with Crippen molar-refractivity contribution in [1.29, 1.82) is 5.26 Å². The average Bonchev–Trinajstić information content (AvgIpc) is 3.13. The van der Waals surface area contributed by atoms with E-state index in [9.17, 15) is 0 Å². The highest BCUT2D eigenvalue weighted by molar-refractivity contribution is 7.99. The summed E-state index contributed by atoms with van der Waals surface area (Å²) < 4.78 is 11.3. The smallest absolute Gasteiger partial charge is 0.276 e. The summed E-state index contributed by atoms with van der Waals surface area (Å²) in [5.74, 6) is 2.43. The van der Waals surface area contributed by atoms with Gasteiger partial charge in [0, 0.05) is 12.2 Å². The van der Waals surface area contributed by atoms with E-state index in [0.717, 1.165) is 12.2 Å². The van der Waals surface area contributed by atoms with Crippen molar-refractivity contribution in [2.75, 3.05) is 12.4 Å². The van der Waals surface area contributed by atoms with Crippen molar-refractivity contribution < 1.29 is 9.15 Å². The molecule has 1 unspecified atom stereocenters. The minimum Gasteiger partial charge on any atom is -0.493 e. The third-order valence-electron chi connectivity index (χ3n) is 3.86. The molecule has 0 aliphatic carbocycles. The second kappa shape index (κ2) is 9.07. The van der Waals surface area contributed by atoms with Crippen LogP contribution in [0.5, 0.6) is 5.75 Å². The fourth-order valence-corrected chi connectivity index (χ4v) is 3.05. The highest BCUT2D eigenvalue weighted by Gasteiger charge is 2.12. The van der Waals surface area contributed by atoms with Gasteiger partial charge in [0.25, 0.3) is 5.22 Å². The van der Waals surface area contributed by atoms with Gasteiger partial charge < -0.3 is 9.15 Å². The first-order valence-electron chi connectivity index (χ1n) is 8.37. The predicted octanol–water partition coefficient (Wildman–Crippen LogP) is 4.46. The number of benzene rings is 2. The van der Waals surface area contributed by atoms with Gasteiger partial charge in [-0.3, -0.25) is 0 Å². The molecular weight excluding hydrogens is 346 g/mol. The maximum atomic E-state index is 8.77. The van der Waals surface area contributed by atoms with Gasteiger partial charge in [0.2, 0.25) is 5.89 Å². The van der Waals surface area contributed by atoms with Crippen LogP contribution < -0.4 is 4.74 Å². The number of hydrogen-bond acceptors (Lipinski definition) is 6. The summed E-state index contributed by atoms with van der Waals surface area (Å²) >= 11 is 1.47. The molecule has 0 aliphatic rings. The van der Waals surface area contributed by atoms with Crippen molar-refractivity contribution in [3.8, 4) is 11.8 Å². The Hall–Kier alpha value is -2.78. The maximum absolute atomic E-state index is 8.77. The van der Waals surface area contributed by atoms with Gasteiger partial charge in [0.05, 0.1) is 18.2 Å². The molecule has 0 spiro atoms. The first kappa shape index (κ1) is 18.0. The Morgan fingerprint density at radius 3 is 2.62 bits per heavy atom. The first-order valence-corrected chi connectivity index (χ1v) is 9.36. The number of ether oxygens (including phenoxy) is 1. The van der Waals surface area contributed by atoms with E-state index in [-0.39, 0.29) is 0 Å². The molecule has 1 atom stereocenters. The van der Waals surface area contributed by atoms with Gasteiger partial charge in [0.1, 0.15) is 5.75 Å². The minimum atomic E-state index is 0.328. The molecule has 0 fully saturated rings. The van der Waals surface area contributed by atoms with Crippen molar-refractivity contribution >= 4 is 11.8 Å². The van der Waals surface area contributed by atoms with Crippen LogP contribution in [-0.4, -0.2) is 22.6 Å². The van der Waals surface area contributed by atoms with Crippen LogP contribution in [0.3, 0.4) is 0 Å². The van der Waals surface area contributed by atoms with Crippen molar-refractivity contribution in [2.45, 2.75) is 24.5 Å². The highest BCUT2D eigenvalue weighted by atomic mass is 32.2. The van der Waals surface area contributed by atoms with E-state index < -0.39 is 0 Å². The summed E-state index contributed by atoms with van der Waals surface area (Å²) in [6.45, 7) is 2.67. The number of nitrogens with zero attached hydrogens (tertiary/aromatic N) is 3. The topological polar surface area (TPSA) is 71.9 Å². The van der Waals surface area contributed by atoms with E-state index >= 15 is 0 Å². The second-order valence-electron chi connectivity index (χ2n) is 5.81. The number of nitriles is 1. The Labute approximate surface area is 157 Å².